The normalized spacial score (nSPS) is 16.6. The molecule has 0 spiro atoms. The molecule has 51 heavy (non-hydrogen) atoms. The van der Waals surface area contributed by atoms with E-state index < -0.39 is 23.7 Å². The van der Waals surface area contributed by atoms with Crippen molar-refractivity contribution >= 4 is 11.8 Å². The molecule has 12 heteroatoms. The number of hydrogen-bond acceptors (Lipinski definition) is 9. The zero-order valence-corrected chi connectivity index (χ0v) is 29.1. The number of aryl methyl sites for hydroxylation is 1. The molecular weight excluding hydrogens is 651 g/mol. The Morgan fingerprint density at radius 3 is 2.61 bits per heavy atom. The highest BCUT2D eigenvalue weighted by Crippen LogP contribution is 2.33. The van der Waals surface area contributed by atoms with Crippen LogP contribution in [0.1, 0.15) is 70.6 Å². The Morgan fingerprint density at radius 2 is 1.96 bits per heavy atom. The molecule has 2 aromatic carbocycles. The first-order valence-corrected chi connectivity index (χ1v) is 16.9. The number of likely N-dealkylation sites (tertiary alicyclic amines) is 1. The van der Waals surface area contributed by atoms with Crippen LogP contribution in [-0.4, -0.2) is 69.2 Å². The highest BCUT2D eigenvalue weighted by Gasteiger charge is 2.34. The van der Waals surface area contributed by atoms with Crippen LogP contribution in [0.2, 0.25) is 0 Å². The summed E-state index contributed by atoms with van der Waals surface area (Å²) < 4.78 is 25.8. The Labute approximate surface area is 297 Å². The van der Waals surface area contributed by atoms with Gasteiger partial charge in [0.05, 0.1) is 24.0 Å². The lowest BCUT2D eigenvalue weighted by atomic mass is 9.97. The maximum Gasteiger partial charge on any atom is 0.254 e. The highest BCUT2D eigenvalue weighted by molar-refractivity contribution is 6.01. The van der Waals surface area contributed by atoms with Gasteiger partial charge in [-0.2, -0.15) is 0 Å². The van der Waals surface area contributed by atoms with Crippen molar-refractivity contribution in [2.24, 2.45) is 5.73 Å². The summed E-state index contributed by atoms with van der Waals surface area (Å²) >= 11 is 0. The lowest BCUT2D eigenvalue weighted by molar-refractivity contribution is 0.0715. The van der Waals surface area contributed by atoms with Gasteiger partial charge in [-0.05, 0) is 87.2 Å². The van der Waals surface area contributed by atoms with Gasteiger partial charge in [0.25, 0.3) is 11.8 Å². The fourth-order valence-corrected chi connectivity index (χ4v) is 6.07. The molecule has 268 valence electrons. The summed E-state index contributed by atoms with van der Waals surface area (Å²) in [6, 6.07) is 13.2. The molecule has 0 saturated carbocycles. The molecule has 1 aliphatic rings. The minimum Gasteiger partial charge on any atom is -0.446 e. The van der Waals surface area contributed by atoms with E-state index >= 15 is 0 Å². The Balaban J connectivity index is 1.38. The van der Waals surface area contributed by atoms with Gasteiger partial charge in [0.1, 0.15) is 24.2 Å². The number of aliphatic hydroxyl groups is 1. The minimum atomic E-state index is -1.61. The number of allylic oxidation sites excluding steroid dienone is 2. The number of alkyl halides is 1. The van der Waals surface area contributed by atoms with Crippen molar-refractivity contribution in [2.75, 3.05) is 19.6 Å². The van der Waals surface area contributed by atoms with E-state index in [2.05, 4.69) is 27.2 Å². The summed E-state index contributed by atoms with van der Waals surface area (Å²) in [5.41, 5.74) is 7.73. The van der Waals surface area contributed by atoms with Crippen molar-refractivity contribution in [3.63, 3.8) is 0 Å². The monoisotopic (exact) mass is 696 g/mol. The zero-order chi connectivity index (χ0) is 36.5. The quantitative estimate of drug-likeness (QED) is 0.116. The molecular formula is C39H45FN6O5. The molecule has 1 saturated heterocycles. The van der Waals surface area contributed by atoms with Crippen LogP contribution in [-0.2, 0) is 6.42 Å². The summed E-state index contributed by atoms with van der Waals surface area (Å²) in [4.78, 5) is 38.5. The maximum atomic E-state index is 14.6. The Bertz CT molecular complexity index is 1860. The Hall–Kier alpha value is -5.33. The van der Waals surface area contributed by atoms with E-state index in [-0.39, 0.29) is 42.1 Å². The lowest BCUT2D eigenvalue weighted by Gasteiger charge is -2.26. The third-order valence-corrected chi connectivity index (χ3v) is 8.78. The topological polar surface area (TPSA) is 160 Å². The molecule has 0 unspecified atom stereocenters. The number of benzene rings is 2. The van der Waals surface area contributed by atoms with Crippen LogP contribution >= 0.6 is 0 Å². The average Bonchev–Trinajstić information content (AvgIpc) is 3.91. The van der Waals surface area contributed by atoms with Crippen molar-refractivity contribution in [3.05, 3.63) is 132 Å². The van der Waals surface area contributed by atoms with Crippen LogP contribution in [0.4, 0.5) is 4.39 Å². The number of hydrogen-bond donors (Lipinski definition) is 4. The molecule has 11 nitrogen and oxygen atoms in total. The molecule has 5 rings (SSSR count). The van der Waals surface area contributed by atoms with E-state index in [1.54, 1.807) is 35.4 Å². The van der Waals surface area contributed by atoms with Gasteiger partial charge >= 0.3 is 0 Å². The average molecular weight is 697 g/mol. The molecule has 1 aliphatic heterocycles. The van der Waals surface area contributed by atoms with E-state index in [1.807, 2.05) is 37.3 Å². The van der Waals surface area contributed by atoms with E-state index in [1.165, 1.54) is 38.6 Å². The molecule has 5 N–H and O–H groups in total. The van der Waals surface area contributed by atoms with Gasteiger partial charge in [-0.25, -0.2) is 14.4 Å². The van der Waals surface area contributed by atoms with Gasteiger partial charge in [0.2, 0.25) is 11.8 Å². The second kappa shape index (κ2) is 16.6. The number of carbonyl (C=O) groups excluding carboxylic acids is 2. The first kappa shape index (κ1) is 36.9. The lowest BCUT2D eigenvalue weighted by Crippen LogP contribution is -2.49. The summed E-state index contributed by atoms with van der Waals surface area (Å²) in [6.07, 6.45) is 9.66. The molecule has 0 aliphatic carbocycles. The predicted octanol–water partition coefficient (Wildman–Crippen LogP) is 5.61. The fourth-order valence-electron chi connectivity index (χ4n) is 6.07. The summed E-state index contributed by atoms with van der Waals surface area (Å²) in [5.74, 6) is -0.0536. The number of halogens is 1. The third kappa shape index (κ3) is 9.47. The highest BCUT2D eigenvalue weighted by atomic mass is 19.1. The van der Waals surface area contributed by atoms with Crippen LogP contribution in [0.5, 0.6) is 0 Å². The molecule has 3 heterocycles. The van der Waals surface area contributed by atoms with E-state index in [0.29, 0.717) is 42.0 Å². The van der Waals surface area contributed by atoms with Gasteiger partial charge < -0.3 is 35.2 Å². The van der Waals surface area contributed by atoms with Gasteiger partial charge in [0.15, 0.2) is 0 Å². The summed E-state index contributed by atoms with van der Waals surface area (Å²) in [6.45, 7) is 9.23. The number of nitrogens with one attached hydrogen (secondary N) is 2. The number of carbonyl (C=O) groups is 2. The SMILES string of the molecule is C=C/C(=C\C(=C/N)CNC[C@@H](O)[C@H](Cc1ccccc1)NC(=O)c1cc(C(=O)N2CCC[C@@H]2c2nc(C)co2)cc(-c2ncco2)c1)C(C)(C)F. The van der Waals surface area contributed by atoms with Crippen molar-refractivity contribution in [3.8, 4) is 11.5 Å². The number of oxazole rings is 2. The number of amides is 2. The number of nitrogens with zero attached hydrogens (tertiary/aromatic N) is 3. The Kier molecular flexibility index (Phi) is 12.0. The molecule has 0 radical (unpaired) electrons. The first-order chi connectivity index (χ1) is 24.5. The van der Waals surface area contributed by atoms with Gasteiger partial charge in [-0.3, -0.25) is 9.59 Å². The van der Waals surface area contributed by atoms with Crippen molar-refractivity contribution < 1.29 is 27.9 Å². The third-order valence-electron chi connectivity index (χ3n) is 8.78. The van der Waals surface area contributed by atoms with Crippen LogP contribution in [0.15, 0.2) is 112 Å². The summed E-state index contributed by atoms with van der Waals surface area (Å²) in [7, 11) is 0. The van der Waals surface area contributed by atoms with Gasteiger partial charge in [-0.1, -0.05) is 43.0 Å². The predicted molar refractivity (Wildman–Crippen MR) is 192 cm³/mol. The molecule has 2 amide bonds. The number of nitrogens with two attached hydrogens (primary N) is 1. The molecule has 2 aromatic heterocycles. The number of aromatic nitrogens is 2. The first-order valence-electron chi connectivity index (χ1n) is 16.9. The van der Waals surface area contributed by atoms with E-state index in [9.17, 15) is 19.1 Å². The fraction of sp³-hybridized carbons (Fsp3) is 0.333. The number of rotatable bonds is 15. The maximum absolute atomic E-state index is 14.6. The van der Waals surface area contributed by atoms with Crippen LogP contribution < -0.4 is 16.4 Å². The van der Waals surface area contributed by atoms with Crippen molar-refractivity contribution in [1.82, 2.24) is 25.5 Å². The van der Waals surface area contributed by atoms with Gasteiger partial charge in [0, 0.05) is 36.3 Å². The van der Waals surface area contributed by atoms with Gasteiger partial charge in [-0.15, -0.1) is 0 Å². The zero-order valence-electron chi connectivity index (χ0n) is 29.1. The molecule has 3 atom stereocenters. The van der Waals surface area contributed by atoms with E-state index in [0.717, 1.165) is 17.7 Å². The largest absolute Gasteiger partial charge is 0.446 e. The molecule has 1 fully saturated rings. The van der Waals surface area contributed by atoms with E-state index in [4.69, 9.17) is 14.6 Å². The van der Waals surface area contributed by atoms with Crippen LogP contribution in [0.25, 0.3) is 11.5 Å². The van der Waals surface area contributed by atoms with Crippen LogP contribution in [0.3, 0.4) is 0 Å². The smallest absolute Gasteiger partial charge is 0.254 e. The second-order valence-corrected chi connectivity index (χ2v) is 13.1. The minimum absolute atomic E-state index is 0.0854. The summed E-state index contributed by atoms with van der Waals surface area (Å²) in [5, 5.41) is 17.6. The van der Waals surface area contributed by atoms with Crippen molar-refractivity contribution in [1.29, 1.82) is 0 Å². The number of aliphatic hydroxyl groups excluding tert-OH is 1. The second-order valence-electron chi connectivity index (χ2n) is 13.1. The molecule has 0 bridgehead atoms. The molecule has 4 aromatic rings. The van der Waals surface area contributed by atoms with Crippen molar-refractivity contribution in [2.45, 2.75) is 63.9 Å². The Morgan fingerprint density at radius 1 is 1.20 bits per heavy atom. The van der Waals surface area contributed by atoms with Crippen LogP contribution in [0, 0.1) is 6.92 Å². The standard InChI is InChI=1S/C39H45FN6O5/c1-5-31(39(3,4)40)16-27(21-41)22-42-23-34(47)32(17-26-10-7-6-8-11-26)45-35(48)28-18-29(36-43-13-15-50-36)20-30(19-28)38(49)46-14-9-12-33(46)37-44-25(2)24-51-37/h5-8,10-11,13,15-16,18-21,24,32-34,42,47H,1,9,12,14,17,22-23,41H2,2-4H3,(H,45,48)/b27-21+,31-16+/t32-,33+,34+/m0/s1.